The molecule has 36 heavy (non-hydrogen) atoms. The van der Waals surface area contributed by atoms with Gasteiger partial charge in [-0.05, 0) is 53.5 Å². The summed E-state index contributed by atoms with van der Waals surface area (Å²) in [6, 6.07) is 5.56. The molecule has 2 unspecified atom stereocenters. The van der Waals surface area contributed by atoms with E-state index in [1.165, 1.54) is 4.90 Å². The molecule has 0 fully saturated rings. The first-order chi connectivity index (χ1) is 16.9. The number of esters is 1. The maximum Gasteiger partial charge on any atom is 0.408 e. The highest BCUT2D eigenvalue weighted by molar-refractivity contribution is 5.92. The number of rotatable bonds is 13. The number of alkyl carbamates (subject to hydrolysis) is 1. The van der Waals surface area contributed by atoms with Gasteiger partial charge in [0, 0.05) is 13.1 Å². The summed E-state index contributed by atoms with van der Waals surface area (Å²) in [7, 11) is 0. The summed E-state index contributed by atoms with van der Waals surface area (Å²) in [6.07, 6.45) is 1.83. The van der Waals surface area contributed by atoms with Crippen LogP contribution in [0.5, 0.6) is 0 Å². The fraction of sp³-hybridized carbons (Fsp3) is 0.630. The molecule has 0 saturated heterocycles. The Morgan fingerprint density at radius 2 is 1.78 bits per heavy atom. The molecule has 0 saturated carbocycles. The van der Waals surface area contributed by atoms with Crippen LogP contribution in [0.3, 0.4) is 0 Å². The van der Waals surface area contributed by atoms with Crippen molar-refractivity contribution in [1.82, 2.24) is 15.5 Å². The fourth-order valence-electron chi connectivity index (χ4n) is 3.62. The molecule has 9 nitrogen and oxygen atoms in total. The van der Waals surface area contributed by atoms with Gasteiger partial charge in [-0.3, -0.25) is 14.4 Å². The van der Waals surface area contributed by atoms with E-state index in [0.29, 0.717) is 18.5 Å². The molecule has 0 heterocycles. The number of nitrogens with zero attached hydrogens (tertiary/aromatic N) is 1. The summed E-state index contributed by atoms with van der Waals surface area (Å²) in [6.45, 7) is 13.2. The van der Waals surface area contributed by atoms with Crippen LogP contribution < -0.4 is 10.6 Å². The van der Waals surface area contributed by atoms with E-state index in [2.05, 4.69) is 17.6 Å². The van der Waals surface area contributed by atoms with Gasteiger partial charge in [0.25, 0.3) is 0 Å². The Hall–Kier alpha value is -3.10. The summed E-state index contributed by atoms with van der Waals surface area (Å²) in [5.41, 5.74) is 0.881. The number of carbonyl (C=O) groups excluding carboxylic acids is 4. The zero-order valence-corrected chi connectivity index (χ0v) is 22.8. The third kappa shape index (κ3) is 11.1. The Labute approximate surface area is 215 Å². The zero-order valence-electron chi connectivity index (χ0n) is 22.8. The molecule has 0 aliphatic rings. The molecule has 0 aliphatic carbocycles. The molecule has 2 atom stereocenters. The summed E-state index contributed by atoms with van der Waals surface area (Å²) in [4.78, 5) is 52.6. The normalized spacial score (nSPS) is 12.8. The van der Waals surface area contributed by atoms with E-state index in [1.54, 1.807) is 40.7 Å². The van der Waals surface area contributed by atoms with E-state index in [4.69, 9.17) is 9.47 Å². The van der Waals surface area contributed by atoms with Crippen molar-refractivity contribution >= 4 is 23.9 Å². The van der Waals surface area contributed by atoms with Gasteiger partial charge in [-0.15, -0.1) is 0 Å². The molecular formula is C27H43N3O6. The minimum atomic E-state index is -0.931. The van der Waals surface area contributed by atoms with Crippen molar-refractivity contribution in [3.05, 3.63) is 35.4 Å². The Balaban J connectivity index is 3.23. The molecule has 2 N–H and O–H groups in total. The van der Waals surface area contributed by atoms with Gasteiger partial charge in [0.05, 0.1) is 13.0 Å². The molecule has 0 aliphatic heterocycles. The van der Waals surface area contributed by atoms with Gasteiger partial charge < -0.3 is 25.0 Å². The smallest absolute Gasteiger partial charge is 0.408 e. The molecule has 0 radical (unpaired) electrons. The van der Waals surface area contributed by atoms with E-state index < -0.39 is 41.6 Å². The first-order valence-electron chi connectivity index (χ1n) is 12.7. The number of carbonyl (C=O) groups is 4. The van der Waals surface area contributed by atoms with E-state index in [0.717, 1.165) is 18.4 Å². The van der Waals surface area contributed by atoms with Gasteiger partial charge in [-0.25, -0.2) is 4.79 Å². The van der Waals surface area contributed by atoms with E-state index in [-0.39, 0.29) is 19.6 Å². The van der Waals surface area contributed by atoms with Crippen molar-refractivity contribution in [2.75, 3.05) is 19.7 Å². The van der Waals surface area contributed by atoms with Crippen molar-refractivity contribution < 1.29 is 28.7 Å². The van der Waals surface area contributed by atoms with Crippen LogP contribution in [0.2, 0.25) is 0 Å². The second-order valence-corrected chi connectivity index (χ2v) is 9.77. The highest BCUT2D eigenvalue weighted by Gasteiger charge is 2.34. The van der Waals surface area contributed by atoms with Gasteiger partial charge >= 0.3 is 12.1 Å². The van der Waals surface area contributed by atoms with Gasteiger partial charge in [0.15, 0.2) is 0 Å². The van der Waals surface area contributed by atoms with Crippen LogP contribution in [0, 0.1) is 6.92 Å². The fourth-order valence-corrected chi connectivity index (χ4v) is 3.62. The first kappa shape index (κ1) is 30.9. The maximum absolute atomic E-state index is 13.6. The topological polar surface area (TPSA) is 114 Å². The van der Waals surface area contributed by atoms with Gasteiger partial charge in [0.2, 0.25) is 11.8 Å². The van der Waals surface area contributed by atoms with Crippen molar-refractivity contribution in [2.45, 2.75) is 91.8 Å². The molecule has 0 spiro atoms. The minimum absolute atomic E-state index is 0.0283. The number of nitrogens with one attached hydrogen (secondary N) is 2. The van der Waals surface area contributed by atoms with Crippen molar-refractivity contribution in [2.24, 2.45) is 0 Å². The summed E-state index contributed by atoms with van der Waals surface area (Å²) in [5, 5.41) is 5.37. The molecule has 202 valence electrons. The average Bonchev–Trinajstić information content (AvgIpc) is 2.76. The lowest BCUT2D eigenvalue weighted by molar-refractivity contribution is -0.144. The summed E-state index contributed by atoms with van der Waals surface area (Å²) >= 11 is 0. The second kappa shape index (κ2) is 15.1. The quantitative estimate of drug-likeness (QED) is 0.309. The Kier molecular flexibility index (Phi) is 13.0. The van der Waals surface area contributed by atoms with Crippen LogP contribution in [-0.4, -0.2) is 60.1 Å². The Morgan fingerprint density at radius 1 is 1.08 bits per heavy atom. The molecule has 1 aromatic rings. The Bertz CT molecular complexity index is 881. The number of ether oxygens (including phenoxy) is 2. The standard InChI is InChI=1S/C27H43N3O6/c1-8-10-11-17-30(25(33)20(4)29-26(34)36-27(5,6)7)23(21-14-12-13-19(3)18-21)24(32)28-16-15-22(31)35-9-2/h12-14,18,20,23H,8-11,15-17H2,1-7H3,(H,28,32)(H,29,34). The van der Waals surface area contributed by atoms with Crippen molar-refractivity contribution in [3.63, 3.8) is 0 Å². The predicted molar refractivity (Wildman–Crippen MR) is 138 cm³/mol. The van der Waals surface area contributed by atoms with Crippen molar-refractivity contribution in [1.29, 1.82) is 0 Å². The predicted octanol–water partition coefficient (Wildman–Crippen LogP) is 4.04. The minimum Gasteiger partial charge on any atom is -0.466 e. The molecule has 1 aromatic carbocycles. The third-order valence-corrected chi connectivity index (χ3v) is 5.24. The monoisotopic (exact) mass is 505 g/mol. The number of benzene rings is 1. The van der Waals surface area contributed by atoms with Crippen LogP contribution in [0.25, 0.3) is 0 Å². The zero-order chi connectivity index (χ0) is 27.3. The number of hydrogen-bond acceptors (Lipinski definition) is 6. The van der Waals surface area contributed by atoms with Crippen LogP contribution >= 0.6 is 0 Å². The largest absolute Gasteiger partial charge is 0.466 e. The third-order valence-electron chi connectivity index (χ3n) is 5.24. The highest BCUT2D eigenvalue weighted by Crippen LogP contribution is 2.24. The van der Waals surface area contributed by atoms with Crippen LogP contribution in [0.4, 0.5) is 4.79 Å². The lowest BCUT2D eigenvalue weighted by Crippen LogP contribution is -2.52. The SMILES string of the molecule is CCCCCN(C(=O)C(C)NC(=O)OC(C)(C)C)C(C(=O)NCCC(=O)OCC)c1cccc(C)c1. The van der Waals surface area contributed by atoms with Crippen LogP contribution in [-0.2, 0) is 23.9 Å². The van der Waals surface area contributed by atoms with E-state index in [9.17, 15) is 19.2 Å². The maximum atomic E-state index is 13.6. The van der Waals surface area contributed by atoms with E-state index in [1.807, 2.05) is 25.1 Å². The van der Waals surface area contributed by atoms with Gasteiger partial charge in [0.1, 0.15) is 17.7 Å². The molecule has 9 heteroatoms. The van der Waals surface area contributed by atoms with E-state index >= 15 is 0 Å². The number of hydrogen-bond donors (Lipinski definition) is 2. The Morgan fingerprint density at radius 3 is 2.36 bits per heavy atom. The summed E-state index contributed by atoms with van der Waals surface area (Å²) < 4.78 is 10.2. The molecule has 3 amide bonds. The lowest BCUT2D eigenvalue weighted by Gasteiger charge is -2.34. The summed E-state index contributed by atoms with van der Waals surface area (Å²) in [5.74, 6) is -1.21. The first-order valence-corrected chi connectivity index (χ1v) is 12.7. The average molecular weight is 506 g/mol. The van der Waals surface area contributed by atoms with Crippen LogP contribution in [0.1, 0.15) is 84.4 Å². The van der Waals surface area contributed by atoms with Gasteiger partial charge in [-0.2, -0.15) is 0 Å². The van der Waals surface area contributed by atoms with Crippen molar-refractivity contribution in [3.8, 4) is 0 Å². The molecule has 0 bridgehead atoms. The van der Waals surface area contributed by atoms with Crippen LogP contribution in [0.15, 0.2) is 24.3 Å². The molecular weight excluding hydrogens is 462 g/mol. The lowest BCUT2D eigenvalue weighted by atomic mass is 10.0. The van der Waals surface area contributed by atoms with Gasteiger partial charge in [-0.1, -0.05) is 49.6 Å². The molecule has 0 aromatic heterocycles. The number of aryl methyl sites for hydroxylation is 1. The second-order valence-electron chi connectivity index (χ2n) is 9.77. The molecule has 1 rings (SSSR count). The number of amides is 3. The highest BCUT2D eigenvalue weighted by atomic mass is 16.6. The number of unbranched alkanes of at least 4 members (excludes halogenated alkanes) is 2.